The maximum absolute atomic E-state index is 11.2. The van der Waals surface area contributed by atoms with Gasteiger partial charge in [-0.15, -0.1) is 0 Å². The normalized spacial score (nSPS) is 10.6. The predicted octanol–water partition coefficient (Wildman–Crippen LogP) is -0.0825. The molecule has 0 aromatic heterocycles. The molecule has 0 aromatic carbocycles. The molecule has 0 radical (unpaired) electrons. The number of hydrogen-bond donors (Lipinski definition) is 2. The van der Waals surface area contributed by atoms with Crippen LogP contribution in [-0.2, 0) is 9.59 Å². The van der Waals surface area contributed by atoms with E-state index in [4.69, 9.17) is 5.11 Å². The highest BCUT2D eigenvalue weighted by Crippen LogP contribution is 1.96. The van der Waals surface area contributed by atoms with Gasteiger partial charge in [-0.25, -0.2) is 0 Å². The van der Waals surface area contributed by atoms with Crippen LogP contribution in [0.1, 0.15) is 20.8 Å². The first kappa shape index (κ1) is 12.9. The molecule has 0 saturated carbocycles. The topological polar surface area (TPSA) is 69.6 Å². The summed E-state index contributed by atoms with van der Waals surface area (Å²) in [6, 6.07) is 0.0497. The fourth-order valence-corrected chi connectivity index (χ4v) is 1.03. The van der Waals surface area contributed by atoms with Gasteiger partial charge < -0.3 is 10.4 Å². The minimum atomic E-state index is -0.914. The summed E-state index contributed by atoms with van der Waals surface area (Å²) >= 11 is 0. The van der Waals surface area contributed by atoms with Gasteiger partial charge in [0.25, 0.3) is 0 Å². The van der Waals surface area contributed by atoms with Crippen LogP contribution in [0.15, 0.2) is 0 Å². The maximum atomic E-state index is 11.2. The lowest BCUT2D eigenvalue weighted by Gasteiger charge is -2.23. The largest absolute Gasteiger partial charge is 0.480 e. The number of carbonyl (C=O) groups is 2. The van der Waals surface area contributed by atoms with Crippen LogP contribution in [-0.4, -0.2) is 47.6 Å². The number of hydrogen-bond acceptors (Lipinski definition) is 3. The van der Waals surface area contributed by atoms with Crippen molar-refractivity contribution in [1.29, 1.82) is 0 Å². The van der Waals surface area contributed by atoms with Gasteiger partial charge in [-0.1, -0.05) is 0 Å². The van der Waals surface area contributed by atoms with Crippen molar-refractivity contribution < 1.29 is 14.7 Å². The summed E-state index contributed by atoms with van der Waals surface area (Å²) in [5.41, 5.74) is 0. The van der Waals surface area contributed by atoms with Crippen molar-refractivity contribution in [2.75, 3.05) is 19.6 Å². The van der Waals surface area contributed by atoms with Gasteiger partial charge in [0.15, 0.2) is 0 Å². The van der Waals surface area contributed by atoms with Crippen molar-refractivity contribution in [3.63, 3.8) is 0 Å². The van der Waals surface area contributed by atoms with E-state index in [1.807, 2.05) is 20.8 Å². The average molecular weight is 202 g/mol. The molecule has 5 nitrogen and oxygen atoms in total. The molecule has 0 aliphatic heterocycles. The molecule has 0 aromatic rings. The zero-order valence-electron chi connectivity index (χ0n) is 8.91. The Hall–Kier alpha value is -1.10. The van der Waals surface area contributed by atoms with Crippen LogP contribution in [0.25, 0.3) is 0 Å². The number of nitrogens with one attached hydrogen (secondary N) is 1. The quantitative estimate of drug-likeness (QED) is 0.632. The molecule has 0 unspecified atom stereocenters. The van der Waals surface area contributed by atoms with Gasteiger partial charge in [-0.2, -0.15) is 0 Å². The molecule has 1 amide bonds. The van der Waals surface area contributed by atoms with E-state index < -0.39 is 5.97 Å². The summed E-state index contributed by atoms with van der Waals surface area (Å²) in [6.45, 7) is 6.16. The summed E-state index contributed by atoms with van der Waals surface area (Å²) in [4.78, 5) is 23.3. The smallest absolute Gasteiger partial charge is 0.317 e. The predicted molar refractivity (Wildman–Crippen MR) is 53.0 cm³/mol. The fraction of sp³-hybridized carbons (Fsp3) is 0.778. The Morgan fingerprint density at radius 2 is 1.93 bits per heavy atom. The maximum Gasteiger partial charge on any atom is 0.317 e. The number of likely N-dealkylation sites (N-methyl/N-ethyl adjacent to an activating group) is 1. The van der Waals surface area contributed by atoms with Gasteiger partial charge in [-0.05, 0) is 20.8 Å². The monoisotopic (exact) mass is 202 g/mol. The second-order valence-corrected chi connectivity index (χ2v) is 3.35. The van der Waals surface area contributed by atoms with Gasteiger partial charge in [0, 0.05) is 12.6 Å². The average Bonchev–Trinajstić information content (AvgIpc) is 2.02. The lowest BCUT2D eigenvalue weighted by molar-refractivity contribution is -0.139. The number of nitrogens with zero attached hydrogens (tertiary/aromatic N) is 1. The number of rotatable bonds is 6. The second-order valence-electron chi connectivity index (χ2n) is 3.35. The van der Waals surface area contributed by atoms with E-state index in [0.717, 1.165) is 0 Å². The molecule has 0 fully saturated rings. The van der Waals surface area contributed by atoms with Gasteiger partial charge in [0.05, 0.1) is 13.1 Å². The second kappa shape index (κ2) is 6.37. The molecule has 0 aliphatic carbocycles. The number of carboxylic acids is 1. The third-order valence-electron chi connectivity index (χ3n) is 1.79. The Morgan fingerprint density at radius 3 is 2.29 bits per heavy atom. The van der Waals surface area contributed by atoms with Crippen LogP contribution in [0.2, 0.25) is 0 Å². The Balaban J connectivity index is 4.09. The molecule has 14 heavy (non-hydrogen) atoms. The van der Waals surface area contributed by atoms with Crippen molar-refractivity contribution in [3.05, 3.63) is 0 Å². The van der Waals surface area contributed by atoms with E-state index in [0.29, 0.717) is 6.54 Å². The third-order valence-corrected chi connectivity index (χ3v) is 1.79. The number of aliphatic carboxylic acids is 1. The molecule has 2 N–H and O–H groups in total. The highest BCUT2D eigenvalue weighted by molar-refractivity contribution is 5.79. The van der Waals surface area contributed by atoms with Crippen molar-refractivity contribution in [2.24, 2.45) is 0 Å². The molecule has 5 heteroatoms. The van der Waals surface area contributed by atoms with Crippen LogP contribution in [0.3, 0.4) is 0 Å². The zero-order valence-corrected chi connectivity index (χ0v) is 8.91. The Bertz CT molecular complexity index is 204. The first-order chi connectivity index (χ1) is 6.47. The Kier molecular flexibility index (Phi) is 5.87. The van der Waals surface area contributed by atoms with Crippen LogP contribution in [0.5, 0.6) is 0 Å². The van der Waals surface area contributed by atoms with Gasteiger partial charge in [-0.3, -0.25) is 14.5 Å². The molecule has 0 saturated heterocycles. The van der Waals surface area contributed by atoms with Crippen molar-refractivity contribution in [3.8, 4) is 0 Å². The molecular weight excluding hydrogens is 184 g/mol. The van der Waals surface area contributed by atoms with Crippen LogP contribution in [0, 0.1) is 0 Å². The molecule has 0 heterocycles. The minimum Gasteiger partial charge on any atom is -0.480 e. The summed E-state index contributed by atoms with van der Waals surface area (Å²) in [5.74, 6) is -1.05. The van der Waals surface area contributed by atoms with E-state index in [-0.39, 0.29) is 25.0 Å². The van der Waals surface area contributed by atoms with Crippen molar-refractivity contribution in [2.45, 2.75) is 26.8 Å². The highest BCUT2D eigenvalue weighted by atomic mass is 16.4. The van der Waals surface area contributed by atoms with E-state index in [1.54, 1.807) is 4.90 Å². The van der Waals surface area contributed by atoms with Crippen LogP contribution < -0.4 is 5.32 Å². The molecule has 0 aliphatic rings. The lowest BCUT2D eigenvalue weighted by atomic mass is 10.3. The minimum absolute atomic E-state index is 0.0497. The molecule has 0 bridgehead atoms. The van der Waals surface area contributed by atoms with Crippen molar-refractivity contribution in [1.82, 2.24) is 10.2 Å². The first-order valence-electron chi connectivity index (χ1n) is 4.69. The van der Waals surface area contributed by atoms with E-state index >= 15 is 0 Å². The van der Waals surface area contributed by atoms with Gasteiger partial charge in [0.1, 0.15) is 0 Å². The number of carbonyl (C=O) groups excluding carboxylic acids is 1. The van der Waals surface area contributed by atoms with Crippen molar-refractivity contribution >= 4 is 11.9 Å². The third kappa shape index (κ3) is 5.53. The highest BCUT2D eigenvalue weighted by Gasteiger charge is 2.16. The molecule has 0 atom stereocenters. The summed E-state index contributed by atoms with van der Waals surface area (Å²) < 4.78 is 0. The molecule has 0 spiro atoms. The fourth-order valence-electron chi connectivity index (χ4n) is 1.03. The standard InChI is InChI=1S/C9H18N2O3/c1-4-10-8(12)5-11(7(2)3)6-9(13)14/h7H,4-6H2,1-3H3,(H,10,12)(H,13,14). The van der Waals surface area contributed by atoms with E-state index in [1.165, 1.54) is 0 Å². The summed E-state index contributed by atoms with van der Waals surface area (Å²) in [5, 5.41) is 11.2. The Morgan fingerprint density at radius 1 is 1.36 bits per heavy atom. The first-order valence-corrected chi connectivity index (χ1v) is 4.69. The molecule has 0 rings (SSSR count). The SMILES string of the molecule is CCNC(=O)CN(CC(=O)O)C(C)C. The molecular formula is C9H18N2O3. The van der Waals surface area contributed by atoms with Crippen LogP contribution in [0.4, 0.5) is 0 Å². The van der Waals surface area contributed by atoms with E-state index in [9.17, 15) is 9.59 Å². The summed E-state index contributed by atoms with van der Waals surface area (Å²) in [6.07, 6.45) is 0. The zero-order chi connectivity index (χ0) is 11.1. The van der Waals surface area contributed by atoms with Gasteiger partial charge in [0.2, 0.25) is 5.91 Å². The number of carboxylic acid groups (broad SMARTS) is 1. The van der Waals surface area contributed by atoms with E-state index in [2.05, 4.69) is 5.32 Å². The Labute approximate surface area is 84.1 Å². The molecule has 82 valence electrons. The lowest BCUT2D eigenvalue weighted by Crippen LogP contribution is -2.43. The van der Waals surface area contributed by atoms with Crippen LogP contribution >= 0.6 is 0 Å². The van der Waals surface area contributed by atoms with Gasteiger partial charge >= 0.3 is 5.97 Å². The number of amides is 1. The summed E-state index contributed by atoms with van der Waals surface area (Å²) in [7, 11) is 0.